The molecule has 2 saturated heterocycles. The van der Waals surface area contributed by atoms with Crippen molar-refractivity contribution in [2.24, 2.45) is 11.8 Å². The molecule has 2 aliphatic rings. The molecule has 1 atom stereocenters. The number of hydrogen-bond acceptors (Lipinski definition) is 5. The van der Waals surface area contributed by atoms with Gasteiger partial charge in [-0.15, -0.1) is 0 Å². The third-order valence-electron chi connectivity index (χ3n) is 7.76. The molecular formula is C29H35ClF3N3O4. The van der Waals surface area contributed by atoms with E-state index < -0.39 is 23.2 Å². The molecule has 2 heterocycles. The molecule has 2 aromatic rings. The second-order valence-electron chi connectivity index (χ2n) is 10.8. The van der Waals surface area contributed by atoms with Gasteiger partial charge < -0.3 is 24.5 Å². The number of amides is 2. The van der Waals surface area contributed by atoms with Crippen LogP contribution in [0.25, 0.3) is 0 Å². The maximum atomic E-state index is 14.1. The highest BCUT2D eigenvalue weighted by Gasteiger charge is 2.63. The summed E-state index contributed by atoms with van der Waals surface area (Å²) < 4.78 is 47.5. The summed E-state index contributed by atoms with van der Waals surface area (Å²) in [5.41, 5.74) is -2.79. The van der Waals surface area contributed by atoms with Crippen molar-refractivity contribution < 1.29 is 32.6 Å². The van der Waals surface area contributed by atoms with Gasteiger partial charge in [-0.25, -0.2) is 0 Å². The van der Waals surface area contributed by atoms with Gasteiger partial charge in [0, 0.05) is 51.5 Å². The molecule has 0 spiro atoms. The molecule has 2 fully saturated rings. The second-order valence-corrected chi connectivity index (χ2v) is 11.2. The van der Waals surface area contributed by atoms with E-state index in [1.807, 2.05) is 6.07 Å². The van der Waals surface area contributed by atoms with Crippen LogP contribution in [-0.2, 0) is 10.4 Å². The number of rotatable bonds is 8. The molecule has 0 aromatic heterocycles. The number of anilines is 1. The van der Waals surface area contributed by atoms with E-state index in [9.17, 15) is 27.9 Å². The zero-order valence-corrected chi connectivity index (χ0v) is 23.6. The summed E-state index contributed by atoms with van der Waals surface area (Å²) in [6, 6.07) is 10.4. The quantitative estimate of drug-likeness (QED) is 0.477. The number of halogens is 4. The van der Waals surface area contributed by atoms with Crippen molar-refractivity contribution in [3.05, 3.63) is 58.6 Å². The van der Waals surface area contributed by atoms with Crippen molar-refractivity contribution in [3.63, 3.8) is 0 Å². The molecule has 0 radical (unpaired) electrons. The fourth-order valence-electron chi connectivity index (χ4n) is 5.51. The van der Waals surface area contributed by atoms with E-state index in [4.69, 9.17) is 16.3 Å². The number of ether oxygens (including phenoxy) is 1. The van der Waals surface area contributed by atoms with Crippen molar-refractivity contribution in [2.75, 3.05) is 51.8 Å². The highest BCUT2D eigenvalue weighted by molar-refractivity contribution is 6.34. The lowest BCUT2D eigenvalue weighted by Gasteiger charge is -2.45. The molecule has 0 saturated carbocycles. The van der Waals surface area contributed by atoms with E-state index >= 15 is 0 Å². The molecule has 0 unspecified atom stereocenters. The van der Waals surface area contributed by atoms with Crippen LogP contribution in [0.5, 0.6) is 5.75 Å². The van der Waals surface area contributed by atoms with Crippen LogP contribution in [0.3, 0.4) is 0 Å². The van der Waals surface area contributed by atoms with Gasteiger partial charge in [-0.1, -0.05) is 23.7 Å². The first-order valence-corrected chi connectivity index (χ1v) is 13.8. The van der Waals surface area contributed by atoms with Crippen molar-refractivity contribution >= 4 is 29.1 Å². The highest BCUT2D eigenvalue weighted by Crippen LogP contribution is 2.43. The van der Waals surface area contributed by atoms with Gasteiger partial charge in [-0.3, -0.25) is 9.59 Å². The zero-order valence-electron chi connectivity index (χ0n) is 22.9. The Kier molecular flexibility index (Phi) is 8.89. The molecule has 11 heteroatoms. The highest BCUT2D eigenvalue weighted by atomic mass is 35.5. The first kappa shape index (κ1) is 30.0. The summed E-state index contributed by atoms with van der Waals surface area (Å²) in [5, 5.41) is 11.2. The standard InChI is InChI=1S/C29H35ClF3N3O4/c1-4-40-23-7-5-6-21(15-23)28(39,29(31,32)33)27(38)36-17-20(18-36)14-19-10-12-35(13-11-19)22-8-9-24(25(30)16-22)26(37)34(2)3/h5-9,15-16,19-20,39H,4,10-14,17-18H2,1-3H3/t28-/m1/s1. The maximum absolute atomic E-state index is 14.1. The topological polar surface area (TPSA) is 73.3 Å². The Morgan fingerprint density at radius 3 is 2.33 bits per heavy atom. The molecule has 40 heavy (non-hydrogen) atoms. The number of likely N-dealkylation sites (tertiary alicyclic amines) is 1. The van der Waals surface area contributed by atoms with Gasteiger partial charge in [0.2, 0.25) is 0 Å². The predicted molar refractivity (Wildman–Crippen MR) is 147 cm³/mol. The van der Waals surface area contributed by atoms with Crippen LogP contribution in [0, 0.1) is 11.8 Å². The number of carbonyl (C=O) groups is 2. The molecule has 1 N–H and O–H groups in total. The van der Waals surface area contributed by atoms with E-state index in [2.05, 4.69) is 4.90 Å². The Balaban J connectivity index is 1.32. The Bertz CT molecular complexity index is 1230. The smallest absolute Gasteiger partial charge is 0.430 e. The van der Waals surface area contributed by atoms with Gasteiger partial charge in [0.05, 0.1) is 17.2 Å². The lowest BCUT2D eigenvalue weighted by molar-refractivity contribution is -0.264. The number of benzene rings is 2. The number of aliphatic hydroxyl groups is 1. The zero-order chi connectivity index (χ0) is 29.2. The van der Waals surface area contributed by atoms with Crippen LogP contribution in [-0.4, -0.2) is 79.8 Å². The molecule has 0 aliphatic carbocycles. The predicted octanol–water partition coefficient (Wildman–Crippen LogP) is 4.96. The van der Waals surface area contributed by atoms with E-state index in [1.165, 1.54) is 17.0 Å². The summed E-state index contributed by atoms with van der Waals surface area (Å²) in [7, 11) is 3.35. The van der Waals surface area contributed by atoms with Crippen LogP contribution in [0.4, 0.5) is 18.9 Å². The van der Waals surface area contributed by atoms with E-state index in [0.717, 1.165) is 55.1 Å². The van der Waals surface area contributed by atoms with Gasteiger partial charge in [-0.05, 0) is 68.4 Å². The van der Waals surface area contributed by atoms with Gasteiger partial charge in [-0.2, -0.15) is 13.2 Å². The minimum Gasteiger partial charge on any atom is -0.494 e. The van der Waals surface area contributed by atoms with Crippen LogP contribution in [0.1, 0.15) is 42.1 Å². The van der Waals surface area contributed by atoms with E-state index in [0.29, 0.717) is 16.5 Å². The summed E-state index contributed by atoms with van der Waals surface area (Å²) in [5.74, 6) is -0.890. The van der Waals surface area contributed by atoms with Gasteiger partial charge in [0.1, 0.15) is 5.75 Å². The number of piperidine rings is 1. The first-order chi connectivity index (χ1) is 18.8. The second kappa shape index (κ2) is 11.9. The third-order valence-corrected chi connectivity index (χ3v) is 8.08. The Hall–Kier alpha value is -2.98. The maximum Gasteiger partial charge on any atom is 0.430 e. The molecule has 2 amide bonds. The molecular weight excluding hydrogens is 547 g/mol. The molecule has 0 bridgehead atoms. The van der Waals surface area contributed by atoms with E-state index in [1.54, 1.807) is 33.2 Å². The summed E-state index contributed by atoms with van der Waals surface area (Å²) in [6.45, 7) is 3.88. The van der Waals surface area contributed by atoms with Gasteiger partial charge in [0.25, 0.3) is 17.4 Å². The SMILES string of the molecule is CCOc1cccc([C@@](O)(C(=O)N2CC(CC3CCN(c4ccc(C(=O)N(C)C)c(Cl)c4)CC3)C2)C(F)(F)F)c1. The minimum atomic E-state index is -5.19. The third kappa shape index (κ3) is 6.02. The number of alkyl halides is 3. The minimum absolute atomic E-state index is 0.0820. The van der Waals surface area contributed by atoms with Crippen LogP contribution in [0.2, 0.25) is 5.02 Å². The van der Waals surface area contributed by atoms with Crippen LogP contribution >= 0.6 is 11.6 Å². The van der Waals surface area contributed by atoms with E-state index in [-0.39, 0.29) is 37.3 Å². The number of carbonyl (C=O) groups excluding carboxylic acids is 2. The van der Waals surface area contributed by atoms with Gasteiger partial charge in [0.15, 0.2) is 0 Å². The van der Waals surface area contributed by atoms with Crippen molar-refractivity contribution in [2.45, 2.75) is 38.0 Å². The molecule has 218 valence electrons. The average Bonchev–Trinajstić information content (AvgIpc) is 2.89. The number of hydrogen-bond donors (Lipinski definition) is 1. The molecule has 7 nitrogen and oxygen atoms in total. The summed E-state index contributed by atoms with van der Waals surface area (Å²) in [4.78, 5) is 30.0. The van der Waals surface area contributed by atoms with Crippen LogP contribution in [0.15, 0.2) is 42.5 Å². The lowest BCUT2D eigenvalue weighted by Crippen LogP contribution is -2.61. The van der Waals surface area contributed by atoms with Crippen LogP contribution < -0.4 is 9.64 Å². The fourth-order valence-corrected chi connectivity index (χ4v) is 5.77. The lowest BCUT2D eigenvalue weighted by atomic mass is 9.82. The fraction of sp³-hybridized carbons (Fsp3) is 0.517. The molecule has 2 aromatic carbocycles. The Morgan fingerprint density at radius 2 is 1.75 bits per heavy atom. The normalized spacial score (nSPS) is 18.2. The molecule has 2 aliphatic heterocycles. The van der Waals surface area contributed by atoms with Crippen molar-refractivity contribution in [1.82, 2.24) is 9.80 Å². The summed E-state index contributed by atoms with van der Waals surface area (Å²) >= 11 is 6.37. The monoisotopic (exact) mass is 581 g/mol. The summed E-state index contributed by atoms with van der Waals surface area (Å²) in [6.07, 6.45) is -2.58. The Morgan fingerprint density at radius 1 is 1.07 bits per heavy atom. The van der Waals surface area contributed by atoms with Crippen molar-refractivity contribution in [1.29, 1.82) is 0 Å². The van der Waals surface area contributed by atoms with Crippen molar-refractivity contribution in [3.8, 4) is 5.75 Å². The number of nitrogens with zero attached hydrogens (tertiary/aromatic N) is 3. The largest absolute Gasteiger partial charge is 0.494 e. The molecule has 4 rings (SSSR count). The average molecular weight is 582 g/mol. The first-order valence-electron chi connectivity index (χ1n) is 13.4. The van der Waals surface area contributed by atoms with Gasteiger partial charge >= 0.3 is 6.18 Å². The Labute approximate surface area is 237 Å².